The molecule has 0 aliphatic heterocycles. The summed E-state index contributed by atoms with van der Waals surface area (Å²) in [5, 5.41) is 5.57. The first-order valence-electron chi connectivity index (χ1n) is 5.26. The van der Waals surface area contributed by atoms with Crippen LogP contribution in [-0.4, -0.2) is 11.0 Å². The van der Waals surface area contributed by atoms with E-state index in [1.54, 1.807) is 11.3 Å². The lowest BCUT2D eigenvalue weighted by atomic mass is 10.1. The van der Waals surface area contributed by atoms with E-state index in [0.29, 0.717) is 12.1 Å². The lowest BCUT2D eigenvalue weighted by Crippen LogP contribution is -2.26. The van der Waals surface area contributed by atoms with Crippen molar-refractivity contribution in [3.05, 3.63) is 29.3 Å². The summed E-state index contributed by atoms with van der Waals surface area (Å²) >= 11 is 1.75. The van der Waals surface area contributed by atoms with E-state index in [-0.39, 0.29) is 0 Å². The summed E-state index contributed by atoms with van der Waals surface area (Å²) in [6.07, 6.45) is 1.97. The van der Waals surface area contributed by atoms with E-state index in [0.717, 1.165) is 5.52 Å². The van der Waals surface area contributed by atoms with Gasteiger partial charge in [0.25, 0.3) is 0 Å². The van der Waals surface area contributed by atoms with Crippen molar-refractivity contribution in [2.24, 2.45) is 0 Å². The predicted molar refractivity (Wildman–Crippen MR) is 66.3 cm³/mol. The van der Waals surface area contributed by atoms with E-state index < -0.39 is 0 Å². The van der Waals surface area contributed by atoms with E-state index in [1.165, 1.54) is 10.3 Å². The van der Waals surface area contributed by atoms with E-state index in [1.807, 2.05) is 6.20 Å². The average Bonchev–Trinajstić information content (AvgIpc) is 2.62. The molecule has 2 heterocycles. The Kier molecular flexibility index (Phi) is 3.03. The van der Waals surface area contributed by atoms with E-state index in [2.05, 4.69) is 48.6 Å². The summed E-state index contributed by atoms with van der Waals surface area (Å²) in [4.78, 5) is 4.44. The molecule has 0 amide bonds. The van der Waals surface area contributed by atoms with Gasteiger partial charge in [-0.25, -0.2) is 0 Å². The van der Waals surface area contributed by atoms with Gasteiger partial charge in [0.2, 0.25) is 0 Å². The standard InChI is InChI=1S/C12H16N2S/c1-8(2)14-9(3)10-6-12-11(13-7-10)4-5-15-12/h4-9,14H,1-3H3. The zero-order valence-corrected chi connectivity index (χ0v) is 10.1. The van der Waals surface area contributed by atoms with Gasteiger partial charge in [-0.2, -0.15) is 0 Å². The molecule has 0 aliphatic rings. The van der Waals surface area contributed by atoms with Gasteiger partial charge in [0, 0.05) is 18.3 Å². The summed E-state index contributed by atoms with van der Waals surface area (Å²) in [6.45, 7) is 6.50. The molecule has 0 radical (unpaired) electrons. The third-order valence-electron chi connectivity index (χ3n) is 2.41. The van der Waals surface area contributed by atoms with Gasteiger partial charge in [0.05, 0.1) is 10.2 Å². The van der Waals surface area contributed by atoms with Crippen molar-refractivity contribution in [2.75, 3.05) is 0 Å². The Morgan fingerprint density at radius 2 is 2.13 bits per heavy atom. The normalized spacial score (nSPS) is 13.6. The van der Waals surface area contributed by atoms with Crippen LogP contribution in [0, 0.1) is 0 Å². The van der Waals surface area contributed by atoms with Crippen LogP contribution in [0.3, 0.4) is 0 Å². The highest BCUT2D eigenvalue weighted by atomic mass is 32.1. The topological polar surface area (TPSA) is 24.9 Å². The monoisotopic (exact) mass is 220 g/mol. The summed E-state index contributed by atoms with van der Waals surface area (Å²) < 4.78 is 1.27. The molecule has 0 saturated carbocycles. The molecular formula is C12H16N2S. The summed E-state index contributed by atoms with van der Waals surface area (Å²) in [5.41, 5.74) is 2.36. The molecule has 0 spiro atoms. The van der Waals surface area contributed by atoms with Crippen LogP contribution in [0.5, 0.6) is 0 Å². The Hall–Kier alpha value is -0.930. The molecule has 0 saturated heterocycles. The fraction of sp³-hybridized carbons (Fsp3) is 0.417. The van der Waals surface area contributed by atoms with Crippen molar-refractivity contribution in [1.82, 2.24) is 10.3 Å². The van der Waals surface area contributed by atoms with Crippen LogP contribution in [0.2, 0.25) is 0 Å². The Labute approximate surface area is 94.3 Å². The van der Waals surface area contributed by atoms with Crippen molar-refractivity contribution >= 4 is 21.6 Å². The highest BCUT2D eigenvalue weighted by Gasteiger charge is 2.08. The molecule has 0 bridgehead atoms. The van der Waals surface area contributed by atoms with Crippen LogP contribution >= 0.6 is 11.3 Å². The highest BCUT2D eigenvalue weighted by Crippen LogP contribution is 2.22. The molecule has 2 rings (SSSR count). The Bertz CT molecular complexity index is 448. The van der Waals surface area contributed by atoms with Gasteiger partial charge in [-0.1, -0.05) is 13.8 Å². The van der Waals surface area contributed by atoms with Crippen LogP contribution < -0.4 is 5.32 Å². The van der Waals surface area contributed by atoms with Gasteiger partial charge in [-0.05, 0) is 30.0 Å². The molecular weight excluding hydrogens is 204 g/mol. The fourth-order valence-corrected chi connectivity index (χ4v) is 2.48. The van der Waals surface area contributed by atoms with Crippen LogP contribution in [-0.2, 0) is 0 Å². The number of fused-ring (bicyclic) bond motifs is 1. The number of thiophene rings is 1. The molecule has 1 atom stereocenters. The van der Waals surface area contributed by atoms with Crippen molar-refractivity contribution < 1.29 is 0 Å². The molecule has 2 aromatic rings. The lowest BCUT2D eigenvalue weighted by Gasteiger charge is -2.16. The molecule has 2 aromatic heterocycles. The first-order valence-corrected chi connectivity index (χ1v) is 6.14. The van der Waals surface area contributed by atoms with E-state index >= 15 is 0 Å². The Balaban J connectivity index is 2.27. The number of aromatic nitrogens is 1. The molecule has 2 nitrogen and oxygen atoms in total. The third kappa shape index (κ3) is 2.36. The third-order valence-corrected chi connectivity index (χ3v) is 3.26. The minimum Gasteiger partial charge on any atom is -0.308 e. The van der Waals surface area contributed by atoms with E-state index in [4.69, 9.17) is 0 Å². The molecule has 0 aliphatic carbocycles. The number of nitrogens with one attached hydrogen (secondary N) is 1. The summed E-state index contributed by atoms with van der Waals surface area (Å²) in [6, 6.07) is 5.15. The zero-order valence-electron chi connectivity index (χ0n) is 9.32. The molecule has 0 fully saturated rings. The van der Waals surface area contributed by atoms with Crippen LogP contribution in [0.15, 0.2) is 23.7 Å². The molecule has 1 unspecified atom stereocenters. The number of pyridine rings is 1. The van der Waals surface area contributed by atoms with Crippen molar-refractivity contribution in [1.29, 1.82) is 0 Å². The van der Waals surface area contributed by atoms with E-state index in [9.17, 15) is 0 Å². The maximum atomic E-state index is 4.44. The van der Waals surface area contributed by atoms with Crippen LogP contribution in [0.1, 0.15) is 32.4 Å². The second-order valence-corrected chi connectivity index (χ2v) is 5.06. The first-order chi connectivity index (χ1) is 7.16. The number of hydrogen-bond acceptors (Lipinski definition) is 3. The molecule has 0 aromatic carbocycles. The predicted octanol–water partition coefficient (Wildman–Crippen LogP) is 3.36. The largest absolute Gasteiger partial charge is 0.308 e. The minimum absolute atomic E-state index is 0.365. The quantitative estimate of drug-likeness (QED) is 0.858. The van der Waals surface area contributed by atoms with Gasteiger partial charge in [-0.3, -0.25) is 4.98 Å². The van der Waals surface area contributed by atoms with Crippen LogP contribution in [0.4, 0.5) is 0 Å². The smallest absolute Gasteiger partial charge is 0.0809 e. The maximum absolute atomic E-state index is 4.44. The van der Waals surface area contributed by atoms with Crippen molar-refractivity contribution in [3.63, 3.8) is 0 Å². The number of rotatable bonds is 3. The second kappa shape index (κ2) is 4.29. The SMILES string of the molecule is CC(C)NC(C)c1cnc2ccsc2c1. The lowest BCUT2D eigenvalue weighted by molar-refractivity contribution is 0.506. The first kappa shape index (κ1) is 10.6. The number of nitrogens with zero attached hydrogens (tertiary/aromatic N) is 1. The van der Waals surface area contributed by atoms with Gasteiger partial charge in [0.1, 0.15) is 0 Å². The van der Waals surface area contributed by atoms with Crippen molar-refractivity contribution in [3.8, 4) is 0 Å². The number of hydrogen-bond donors (Lipinski definition) is 1. The summed E-state index contributed by atoms with van der Waals surface area (Å²) in [7, 11) is 0. The van der Waals surface area contributed by atoms with Crippen LogP contribution in [0.25, 0.3) is 10.2 Å². The Morgan fingerprint density at radius 1 is 1.33 bits per heavy atom. The zero-order chi connectivity index (χ0) is 10.8. The van der Waals surface area contributed by atoms with Gasteiger partial charge in [0.15, 0.2) is 0 Å². The molecule has 1 N–H and O–H groups in total. The van der Waals surface area contributed by atoms with Crippen molar-refractivity contribution in [2.45, 2.75) is 32.9 Å². The van der Waals surface area contributed by atoms with Gasteiger partial charge in [-0.15, -0.1) is 11.3 Å². The second-order valence-electron chi connectivity index (χ2n) is 4.12. The van der Waals surface area contributed by atoms with Gasteiger partial charge < -0.3 is 5.32 Å². The molecule has 80 valence electrons. The maximum Gasteiger partial charge on any atom is 0.0809 e. The molecule has 3 heteroatoms. The highest BCUT2D eigenvalue weighted by molar-refractivity contribution is 7.17. The van der Waals surface area contributed by atoms with Gasteiger partial charge >= 0.3 is 0 Å². The summed E-state index contributed by atoms with van der Waals surface area (Å²) in [5.74, 6) is 0. The average molecular weight is 220 g/mol. The Morgan fingerprint density at radius 3 is 2.87 bits per heavy atom. The minimum atomic E-state index is 0.365. The molecule has 15 heavy (non-hydrogen) atoms. The fourth-order valence-electron chi connectivity index (χ4n) is 1.69.